The highest BCUT2D eigenvalue weighted by molar-refractivity contribution is 7.99. The van der Waals surface area contributed by atoms with Gasteiger partial charge in [0.25, 0.3) is 0 Å². The molecule has 0 saturated carbocycles. The first-order valence-electron chi connectivity index (χ1n) is 6.31. The molecule has 3 aromatic rings. The number of imidazole rings is 1. The van der Waals surface area contributed by atoms with Gasteiger partial charge in [0.15, 0.2) is 5.16 Å². The number of nitrogens with one attached hydrogen (secondary N) is 1. The second kappa shape index (κ2) is 5.48. The van der Waals surface area contributed by atoms with E-state index in [4.69, 9.17) is 17.3 Å². The molecule has 3 nitrogen and oxygen atoms in total. The molecule has 3 rings (SSSR count). The third kappa shape index (κ3) is 2.68. The first-order valence-corrected chi connectivity index (χ1v) is 7.50. The molecule has 0 fully saturated rings. The Morgan fingerprint density at radius 2 is 2.05 bits per heavy atom. The molecule has 102 valence electrons. The summed E-state index contributed by atoms with van der Waals surface area (Å²) in [6.45, 7) is 1.94. The molecule has 5 heteroatoms. The summed E-state index contributed by atoms with van der Waals surface area (Å²) in [6, 6.07) is 13.8. The van der Waals surface area contributed by atoms with Crippen LogP contribution in [0.5, 0.6) is 0 Å². The Kier molecular flexibility index (Phi) is 3.70. The second-order valence-corrected chi connectivity index (χ2v) is 6.08. The molecule has 0 unspecified atom stereocenters. The maximum Gasteiger partial charge on any atom is 0.171 e. The van der Waals surface area contributed by atoms with E-state index in [1.807, 2.05) is 49.4 Å². The van der Waals surface area contributed by atoms with Gasteiger partial charge in [0.05, 0.1) is 16.1 Å². The monoisotopic (exact) mass is 303 g/mol. The molecular formula is C15H14ClN3S. The predicted octanol–water partition coefficient (Wildman–Crippen LogP) is 4.39. The van der Waals surface area contributed by atoms with Crippen molar-refractivity contribution >= 4 is 34.4 Å². The van der Waals surface area contributed by atoms with Crippen LogP contribution in [0.15, 0.2) is 52.5 Å². The molecule has 0 aliphatic carbocycles. The maximum atomic E-state index is 6.30. The van der Waals surface area contributed by atoms with Crippen molar-refractivity contribution in [3.63, 3.8) is 0 Å². The number of aromatic amines is 1. The number of benzene rings is 2. The minimum absolute atomic E-state index is 0.0160. The van der Waals surface area contributed by atoms with Crippen LogP contribution < -0.4 is 5.73 Å². The summed E-state index contributed by atoms with van der Waals surface area (Å²) in [5, 5.41) is 1.53. The van der Waals surface area contributed by atoms with Gasteiger partial charge < -0.3 is 10.7 Å². The van der Waals surface area contributed by atoms with Crippen molar-refractivity contribution in [3.8, 4) is 0 Å². The summed E-state index contributed by atoms with van der Waals surface area (Å²) >= 11 is 7.82. The van der Waals surface area contributed by atoms with E-state index >= 15 is 0 Å². The summed E-state index contributed by atoms with van der Waals surface area (Å²) in [6.07, 6.45) is 0. The predicted molar refractivity (Wildman–Crippen MR) is 84.3 cm³/mol. The molecule has 0 aliphatic rings. The number of nitrogens with zero attached hydrogens (tertiary/aromatic N) is 1. The van der Waals surface area contributed by atoms with Gasteiger partial charge in [-0.3, -0.25) is 0 Å². The molecular weight excluding hydrogens is 290 g/mol. The fraction of sp³-hybridized carbons (Fsp3) is 0.133. The summed E-state index contributed by atoms with van der Waals surface area (Å²) in [4.78, 5) is 8.78. The molecule has 1 atom stereocenters. The molecule has 2 aromatic carbocycles. The molecule has 20 heavy (non-hydrogen) atoms. The molecule has 0 saturated heterocycles. The first-order chi connectivity index (χ1) is 9.63. The van der Waals surface area contributed by atoms with Crippen molar-refractivity contribution in [3.05, 3.63) is 53.1 Å². The number of hydrogen-bond donors (Lipinski definition) is 2. The van der Waals surface area contributed by atoms with E-state index in [0.29, 0.717) is 5.02 Å². The lowest BCUT2D eigenvalue weighted by Gasteiger charge is -2.08. The quantitative estimate of drug-likeness (QED) is 0.754. The lowest BCUT2D eigenvalue weighted by atomic mass is 10.1. The zero-order chi connectivity index (χ0) is 14.1. The highest BCUT2D eigenvalue weighted by Crippen LogP contribution is 2.34. The molecule has 1 heterocycles. The van der Waals surface area contributed by atoms with Crippen molar-refractivity contribution in [2.75, 3.05) is 0 Å². The third-order valence-corrected chi connectivity index (χ3v) is 4.44. The van der Waals surface area contributed by atoms with Crippen LogP contribution in [-0.2, 0) is 0 Å². The fourth-order valence-electron chi connectivity index (χ4n) is 1.96. The van der Waals surface area contributed by atoms with Crippen molar-refractivity contribution in [1.82, 2.24) is 9.97 Å². The fourth-order valence-corrected chi connectivity index (χ4v) is 3.08. The number of halogens is 1. The van der Waals surface area contributed by atoms with E-state index in [1.54, 1.807) is 0 Å². The molecule has 0 spiro atoms. The largest absolute Gasteiger partial charge is 0.333 e. The van der Waals surface area contributed by atoms with Crippen LogP contribution in [0.4, 0.5) is 0 Å². The Bertz CT molecular complexity index is 719. The standard InChI is InChI=1S/C15H14ClN3S/c1-9(17)10-6-7-14(11(16)8-10)20-15-18-12-4-2-3-5-13(12)19-15/h2-9H,17H2,1H3,(H,18,19)/t9-/m0/s1. The third-order valence-electron chi connectivity index (χ3n) is 3.06. The summed E-state index contributed by atoms with van der Waals surface area (Å²) < 4.78 is 0. The number of para-hydroxylation sites is 2. The number of aromatic nitrogens is 2. The van der Waals surface area contributed by atoms with Crippen LogP contribution in [0.1, 0.15) is 18.5 Å². The lowest BCUT2D eigenvalue weighted by molar-refractivity contribution is 0.817. The van der Waals surface area contributed by atoms with Gasteiger partial charge in [0.2, 0.25) is 0 Å². The normalized spacial score (nSPS) is 12.8. The van der Waals surface area contributed by atoms with Gasteiger partial charge in [0.1, 0.15) is 0 Å². The van der Waals surface area contributed by atoms with Crippen LogP contribution in [0.3, 0.4) is 0 Å². The van der Waals surface area contributed by atoms with E-state index in [1.165, 1.54) is 11.8 Å². The summed E-state index contributed by atoms with van der Waals surface area (Å²) in [7, 11) is 0. The van der Waals surface area contributed by atoms with Crippen LogP contribution in [0.25, 0.3) is 11.0 Å². The zero-order valence-corrected chi connectivity index (χ0v) is 12.5. The van der Waals surface area contributed by atoms with Crippen molar-refractivity contribution in [1.29, 1.82) is 0 Å². The Labute approximate surface area is 126 Å². The SMILES string of the molecule is C[C@H](N)c1ccc(Sc2nc3ccccc3[nH]2)c(Cl)c1. The molecule has 3 N–H and O–H groups in total. The van der Waals surface area contributed by atoms with Gasteiger partial charge >= 0.3 is 0 Å². The van der Waals surface area contributed by atoms with E-state index in [-0.39, 0.29) is 6.04 Å². The van der Waals surface area contributed by atoms with Gasteiger partial charge in [-0.25, -0.2) is 4.98 Å². The van der Waals surface area contributed by atoms with E-state index in [2.05, 4.69) is 9.97 Å². The minimum Gasteiger partial charge on any atom is -0.333 e. The van der Waals surface area contributed by atoms with E-state index in [0.717, 1.165) is 26.6 Å². The van der Waals surface area contributed by atoms with E-state index < -0.39 is 0 Å². The van der Waals surface area contributed by atoms with Crippen molar-refractivity contribution in [2.45, 2.75) is 23.0 Å². The summed E-state index contributed by atoms with van der Waals surface area (Å²) in [5.74, 6) is 0. The number of H-pyrrole nitrogens is 1. The van der Waals surface area contributed by atoms with Gasteiger partial charge in [-0.1, -0.05) is 41.6 Å². The van der Waals surface area contributed by atoms with Gasteiger partial charge in [-0.15, -0.1) is 0 Å². The van der Waals surface area contributed by atoms with Crippen LogP contribution >= 0.6 is 23.4 Å². The number of rotatable bonds is 3. The Hall–Kier alpha value is -1.49. The number of nitrogens with two attached hydrogens (primary N) is 1. The van der Waals surface area contributed by atoms with Crippen molar-refractivity contribution in [2.24, 2.45) is 5.73 Å². The first kappa shape index (κ1) is 13.5. The smallest absolute Gasteiger partial charge is 0.171 e. The Morgan fingerprint density at radius 1 is 1.25 bits per heavy atom. The zero-order valence-electron chi connectivity index (χ0n) is 10.9. The number of fused-ring (bicyclic) bond motifs is 1. The summed E-state index contributed by atoms with van der Waals surface area (Å²) in [5.41, 5.74) is 8.87. The topological polar surface area (TPSA) is 54.7 Å². The van der Waals surface area contributed by atoms with E-state index in [9.17, 15) is 0 Å². The molecule has 1 aromatic heterocycles. The Morgan fingerprint density at radius 3 is 2.75 bits per heavy atom. The van der Waals surface area contributed by atoms with Crippen LogP contribution in [-0.4, -0.2) is 9.97 Å². The highest BCUT2D eigenvalue weighted by Gasteiger charge is 2.09. The Balaban J connectivity index is 1.90. The average Bonchev–Trinajstić information content (AvgIpc) is 2.83. The lowest BCUT2D eigenvalue weighted by Crippen LogP contribution is -2.04. The van der Waals surface area contributed by atoms with Gasteiger partial charge in [-0.05, 0) is 36.8 Å². The highest BCUT2D eigenvalue weighted by atomic mass is 35.5. The molecule has 0 aliphatic heterocycles. The average molecular weight is 304 g/mol. The van der Waals surface area contributed by atoms with Gasteiger partial charge in [0, 0.05) is 10.9 Å². The molecule has 0 amide bonds. The minimum atomic E-state index is -0.0160. The molecule has 0 radical (unpaired) electrons. The number of hydrogen-bond acceptors (Lipinski definition) is 3. The maximum absolute atomic E-state index is 6.30. The van der Waals surface area contributed by atoms with Crippen molar-refractivity contribution < 1.29 is 0 Å². The van der Waals surface area contributed by atoms with Crippen LogP contribution in [0, 0.1) is 0 Å². The molecule has 0 bridgehead atoms. The van der Waals surface area contributed by atoms with Gasteiger partial charge in [-0.2, -0.15) is 0 Å². The second-order valence-electron chi connectivity index (χ2n) is 4.64. The van der Waals surface area contributed by atoms with Crippen LogP contribution in [0.2, 0.25) is 5.02 Å².